The summed E-state index contributed by atoms with van der Waals surface area (Å²) in [4.78, 5) is 1.93. The summed E-state index contributed by atoms with van der Waals surface area (Å²) in [6.07, 6.45) is -1.02. The molecule has 4 rings (SSSR count). The van der Waals surface area contributed by atoms with E-state index in [2.05, 4.69) is 0 Å². The second kappa shape index (κ2) is 7.89. The Morgan fingerprint density at radius 2 is 1.41 bits per heavy atom. The lowest BCUT2D eigenvalue weighted by molar-refractivity contribution is 0.175. The summed E-state index contributed by atoms with van der Waals surface area (Å²) in [5.74, 6) is -0.314. The predicted octanol–water partition coefficient (Wildman–Crippen LogP) is 3.15. The Labute approximate surface area is 170 Å². The second-order valence-corrected chi connectivity index (χ2v) is 9.52. The Kier molecular flexibility index (Phi) is 5.30. The van der Waals surface area contributed by atoms with Crippen LogP contribution in [0.5, 0.6) is 5.75 Å². The zero-order valence-corrected chi connectivity index (χ0v) is 16.6. The number of rotatable bonds is 5. The minimum absolute atomic E-state index is 0.0858. The van der Waals surface area contributed by atoms with Gasteiger partial charge in [-0.25, -0.2) is 8.42 Å². The first-order chi connectivity index (χ1) is 13.9. The average molecular weight is 410 g/mol. The number of phenolic OH excluding ortho intramolecular Hbond substituents is 1. The van der Waals surface area contributed by atoms with Gasteiger partial charge in [-0.3, -0.25) is 0 Å². The number of phenols is 1. The van der Waals surface area contributed by atoms with E-state index in [9.17, 15) is 18.6 Å². The number of nitrogens with zero attached hydrogens (tertiary/aromatic N) is 1. The van der Waals surface area contributed by atoms with Gasteiger partial charge >= 0.3 is 0 Å². The fraction of sp³-hybridized carbons (Fsp3) is 0.217. The molecular formula is C23H23NO4S. The first kappa shape index (κ1) is 19.5. The van der Waals surface area contributed by atoms with Gasteiger partial charge < -0.3 is 15.1 Å². The first-order valence-electron chi connectivity index (χ1n) is 9.50. The van der Waals surface area contributed by atoms with E-state index in [1.165, 1.54) is 0 Å². The molecule has 0 unspecified atom stereocenters. The number of aliphatic hydroxyl groups excluding tert-OH is 1. The molecule has 0 amide bonds. The van der Waals surface area contributed by atoms with Crippen molar-refractivity contribution in [2.75, 3.05) is 16.4 Å². The molecule has 29 heavy (non-hydrogen) atoms. The number of aromatic hydroxyl groups is 1. The van der Waals surface area contributed by atoms with Crippen molar-refractivity contribution in [2.24, 2.45) is 0 Å². The molecule has 150 valence electrons. The van der Waals surface area contributed by atoms with Crippen LogP contribution in [-0.4, -0.2) is 42.3 Å². The Hall–Kier alpha value is -2.83. The van der Waals surface area contributed by atoms with Gasteiger partial charge in [-0.15, -0.1) is 0 Å². The summed E-state index contributed by atoms with van der Waals surface area (Å²) in [7, 11) is -3.36. The van der Waals surface area contributed by atoms with Gasteiger partial charge in [0.15, 0.2) is 9.84 Å². The van der Waals surface area contributed by atoms with Crippen LogP contribution in [0, 0.1) is 0 Å². The highest BCUT2D eigenvalue weighted by Gasteiger charge is 2.43. The van der Waals surface area contributed by atoms with Crippen LogP contribution in [-0.2, 0) is 9.84 Å². The van der Waals surface area contributed by atoms with E-state index in [1.807, 2.05) is 71.6 Å². The summed E-state index contributed by atoms with van der Waals surface area (Å²) in [5, 5.41) is 20.8. The van der Waals surface area contributed by atoms with Crippen molar-refractivity contribution in [3.8, 4) is 5.75 Å². The van der Waals surface area contributed by atoms with Crippen molar-refractivity contribution in [1.29, 1.82) is 0 Å². The first-order valence-corrected chi connectivity index (χ1v) is 11.3. The zero-order valence-electron chi connectivity index (χ0n) is 15.8. The molecule has 0 spiro atoms. The normalized spacial score (nSPS) is 20.6. The molecule has 1 aliphatic heterocycles. The number of benzene rings is 3. The summed E-state index contributed by atoms with van der Waals surface area (Å²) in [6, 6.07) is 25.3. The predicted molar refractivity (Wildman–Crippen MR) is 114 cm³/mol. The molecule has 5 nitrogen and oxygen atoms in total. The molecule has 1 heterocycles. The SMILES string of the molecule is O=S1(=O)C[C@H](O)[C@@H](N(c2cccc(O)c2)C(c2ccccc2)c2ccccc2)C1. The third kappa shape index (κ3) is 4.13. The van der Waals surface area contributed by atoms with E-state index in [0.29, 0.717) is 5.69 Å². The zero-order chi connectivity index (χ0) is 20.4. The van der Waals surface area contributed by atoms with Gasteiger partial charge in [-0.1, -0.05) is 66.7 Å². The molecule has 6 heteroatoms. The maximum absolute atomic E-state index is 12.3. The van der Waals surface area contributed by atoms with Gasteiger partial charge in [0.05, 0.1) is 29.7 Å². The molecular weight excluding hydrogens is 386 g/mol. The molecule has 0 aromatic heterocycles. The maximum atomic E-state index is 12.3. The van der Waals surface area contributed by atoms with Crippen LogP contribution in [0.15, 0.2) is 84.9 Å². The fourth-order valence-electron chi connectivity index (χ4n) is 4.05. The largest absolute Gasteiger partial charge is 0.508 e. The Morgan fingerprint density at radius 1 is 0.828 bits per heavy atom. The number of aliphatic hydroxyl groups is 1. The number of sulfone groups is 1. The summed E-state index contributed by atoms with van der Waals surface area (Å²) in [6.45, 7) is 0. The highest BCUT2D eigenvalue weighted by Crippen LogP contribution is 2.38. The van der Waals surface area contributed by atoms with E-state index < -0.39 is 22.0 Å². The van der Waals surface area contributed by atoms with Gasteiger partial charge in [0.1, 0.15) is 5.75 Å². The Bertz CT molecular complexity index is 1030. The molecule has 1 aliphatic rings. The molecule has 1 fully saturated rings. The highest BCUT2D eigenvalue weighted by molar-refractivity contribution is 7.91. The quantitative estimate of drug-likeness (QED) is 0.677. The van der Waals surface area contributed by atoms with Crippen molar-refractivity contribution >= 4 is 15.5 Å². The minimum atomic E-state index is -3.36. The van der Waals surface area contributed by atoms with Crippen LogP contribution >= 0.6 is 0 Å². The highest BCUT2D eigenvalue weighted by atomic mass is 32.2. The summed E-state index contributed by atoms with van der Waals surface area (Å²) in [5.41, 5.74) is 2.60. The van der Waals surface area contributed by atoms with Gasteiger partial charge in [0.2, 0.25) is 0 Å². The maximum Gasteiger partial charge on any atom is 0.155 e. The average Bonchev–Trinajstić information content (AvgIpc) is 2.99. The van der Waals surface area contributed by atoms with Crippen molar-refractivity contribution in [3.63, 3.8) is 0 Å². The third-order valence-corrected chi connectivity index (χ3v) is 6.99. The molecule has 0 radical (unpaired) electrons. The fourth-order valence-corrected chi connectivity index (χ4v) is 5.83. The van der Waals surface area contributed by atoms with Crippen molar-refractivity contribution in [3.05, 3.63) is 96.1 Å². The topological polar surface area (TPSA) is 77.8 Å². The van der Waals surface area contributed by atoms with Crippen LogP contribution in [0.3, 0.4) is 0 Å². The van der Waals surface area contributed by atoms with Crippen LogP contribution in [0.25, 0.3) is 0 Å². The van der Waals surface area contributed by atoms with Gasteiger partial charge in [0, 0.05) is 11.8 Å². The lowest BCUT2D eigenvalue weighted by Crippen LogP contribution is -2.46. The molecule has 2 N–H and O–H groups in total. The number of hydrogen-bond acceptors (Lipinski definition) is 5. The monoisotopic (exact) mass is 409 g/mol. The van der Waals surface area contributed by atoms with Crippen LogP contribution in [0.1, 0.15) is 17.2 Å². The van der Waals surface area contributed by atoms with Crippen LogP contribution in [0.4, 0.5) is 5.69 Å². The van der Waals surface area contributed by atoms with Crippen molar-refractivity contribution < 1.29 is 18.6 Å². The lowest BCUT2D eigenvalue weighted by Gasteiger charge is -2.40. The third-order valence-electron chi connectivity index (χ3n) is 5.29. The van der Waals surface area contributed by atoms with Crippen molar-refractivity contribution in [1.82, 2.24) is 0 Å². The van der Waals surface area contributed by atoms with Gasteiger partial charge in [-0.2, -0.15) is 0 Å². The Morgan fingerprint density at radius 3 is 1.90 bits per heavy atom. The van der Waals surface area contributed by atoms with E-state index >= 15 is 0 Å². The van der Waals surface area contributed by atoms with Gasteiger partial charge in [-0.05, 0) is 23.3 Å². The van der Waals surface area contributed by atoms with Gasteiger partial charge in [0.25, 0.3) is 0 Å². The summed E-state index contributed by atoms with van der Waals surface area (Å²) < 4.78 is 24.6. The molecule has 0 aliphatic carbocycles. The molecule has 0 saturated carbocycles. The Balaban J connectivity index is 1.92. The summed E-state index contributed by atoms with van der Waals surface area (Å²) >= 11 is 0. The lowest BCUT2D eigenvalue weighted by atomic mass is 9.94. The smallest absolute Gasteiger partial charge is 0.155 e. The molecule has 0 bridgehead atoms. The molecule has 3 aromatic carbocycles. The van der Waals surface area contributed by atoms with Crippen LogP contribution < -0.4 is 4.90 Å². The van der Waals surface area contributed by atoms with Crippen molar-refractivity contribution in [2.45, 2.75) is 18.2 Å². The second-order valence-electron chi connectivity index (χ2n) is 7.36. The minimum Gasteiger partial charge on any atom is -0.508 e. The molecule has 3 aromatic rings. The van der Waals surface area contributed by atoms with E-state index in [-0.39, 0.29) is 23.3 Å². The standard InChI is InChI=1S/C23H23NO4S/c25-20-13-7-12-19(14-20)24(21-15-29(27,28)16-22(21)26)23(17-8-3-1-4-9-17)18-10-5-2-6-11-18/h1-14,21-23,25-26H,15-16H2/t21-,22-/m0/s1. The van der Waals surface area contributed by atoms with Crippen LogP contribution in [0.2, 0.25) is 0 Å². The van der Waals surface area contributed by atoms with E-state index in [4.69, 9.17) is 0 Å². The van der Waals surface area contributed by atoms with E-state index in [1.54, 1.807) is 18.2 Å². The van der Waals surface area contributed by atoms with E-state index in [0.717, 1.165) is 11.1 Å². The number of hydrogen-bond donors (Lipinski definition) is 2. The molecule has 2 atom stereocenters. The number of anilines is 1. The molecule has 1 saturated heterocycles.